The van der Waals surface area contributed by atoms with Crippen molar-refractivity contribution in [3.8, 4) is 0 Å². The summed E-state index contributed by atoms with van der Waals surface area (Å²) < 4.78 is 4.89. The maximum absolute atomic E-state index is 11.9. The predicted molar refractivity (Wildman–Crippen MR) is 94.4 cm³/mol. The molecule has 0 saturated heterocycles. The maximum atomic E-state index is 11.9. The third kappa shape index (κ3) is 5.76. The van der Waals surface area contributed by atoms with Crippen molar-refractivity contribution in [3.63, 3.8) is 0 Å². The molecular formula is C19H20N2O4. The molecule has 0 unspecified atom stereocenters. The summed E-state index contributed by atoms with van der Waals surface area (Å²) in [5.74, 6) is -0.839. The largest absolute Gasteiger partial charge is 0.462 e. The van der Waals surface area contributed by atoms with Gasteiger partial charge in [0.25, 0.3) is 5.91 Å². The number of anilines is 1. The number of hydrogen-bond acceptors (Lipinski definition) is 4. The molecule has 0 aliphatic carbocycles. The molecule has 0 heterocycles. The lowest BCUT2D eigenvalue weighted by molar-refractivity contribution is -0.116. The highest BCUT2D eigenvalue weighted by atomic mass is 16.5. The van der Waals surface area contributed by atoms with E-state index in [0.717, 1.165) is 0 Å². The van der Waals surface area contributed by atoms with Crippen LogP contribution in [0.2, 0.25) is 0 Å². The molecule has 2 aromatic rings. The van der Waals surface area contributed by atoms with Crippen LogP contribution in [-0.4, -0.2) is 30.9 Å². The second-order valence-corrected chi connectivity index (χ2v) is 5.22. The minimum atomic E-state index is -0.399. The molecule has 130 valence electrons. The van der Waals surface area contributed by atoms with E-state index in [1.165, 1.54) is 0 Å². The average Bonchev–Trinajstić information content (AvgIpc) is 2.63. The normalized spacial score (nSPS) is 9.96. The van der Waals surface area contributed by atoms with E-state index in [2.05, 4.69) is 10.6 Å². The van der Waals surface area contributed by atoms with Gasteiger partial charge in [0.05, 0.1) is 12.2 Å². The van der Waals surface area contributed by atoms with E-state index in [-0.39, 0.29) is 24.8 Å². The zero-order valence-electron chi connectivity index (χ0n) is 14.0. The van der Waals surface area contributed by atoms with E-state index in [0.29, 0.717) is 23.4 Å². The number of esters is 1. The Hall–Kier alpha value is -3.15. The molecule has 6 nitrogen and oxygen atoms in total. The summed E-state index contributed by atoms with van der Waals surface area (Å²) in [6.07, 6.45) is 0.151. The fourth-order valence-corrected chi connectivity index (χ4v) is 2.11. The molecule has 25 heavy (non-hydrogen) atoms. The first kappa shape index (κ1) is 18.2. The smallest absolute Gasteiger partial charge is 0.338 e. The van der Waals surface area contributed by atoms with Gasteiger partial charge in [-0.3, -0.25) is 9.59 Å². The highest BCUT2D eigenvalue weighted by molar-refractivity contribution is 5.95. The van der Waals surface area contributed by atoms with Crippen LogP contribution in [0.15, 0.2) is 54.6 Å². The van der Waals surface area contributed by atoms with Crippen LogP contribution in [0.1, 0.15) is 34.1 Å². The van der Waals surface area contributed by atoms with Crippen molar-refractivity contribution in [2.24, 2.45) is 0 Å². The number of benzene rings is 2. The van der Waals surface area contributed by atoms with Crippen molar-refractivity contribution < 1.29 is 19.1 Å². The van der Waals surface area contributed by atoms with Gasteiger partial charge in [-0.1, -0.05) is 18.2 Å². The molecule has 0 saturated carbocycles. The van der Waals surface area contributed by atoms with Crippen LogP contribution in [0.3, 0.4) is 0 Å². The molecule has 0 aliphatic heterocycles. The molecule has 0 spiro atoms. The first-order chi connectivity index (χ1) is 12.1. The van der Waals surface area contributed by atoms with Crippen molar-refractivity contribution in [2.45, 2.75) is 13.3 Å². The standard InChI is InChI=1S/C19H20N2O4/c1-2-25-19(24)15-8-10-16(11-9-15)21-17(22)12-13-20-18(23)14-6-4-3-5-7-14/h3-11H,2,12-13H2,1H3,(H,20,23)(H,21,22). The Morgan fingerprint density at radius 2 is 1.60 bits per heavy atom. The SMILES string of the molecule is CCOC(=O)c1ccc(NC(=O)CCNC(=O)c2ccccc2)cc1. The van der Waals surface area contributed by atoms with Crippen molar-refractivity contribution >= 4 is 23.5 Å². The van der Waals surface area contributed by atoms with Crippen molar-refractivity contribution in [3.05, 3.63) is 65.7 Å². The van der Waals surface area contributed by atoms with Crippen LogP contribution in [0.25, 0.3) is 0 Å². The first-order valence-electron chi connectivity index (χ1n) is 8.00. The Balaban J connectivity index is 1.76. The Labute approximate surface area is 146 Å². The van der Waals surface area contributed by atoms with E-state index in [1.807, 2.05) is 6.07 Å². The van der Waals surface area contributed by atoms with Crippen LogP contribution >= 0.6 is 0 Å². The second kappa shape index (κ2) is 9.22. The Morgan fingerprint density at radius 3 is 2.24 bits per heavy atom. The van der Waals surface area contributed by atoms with Gasteiger partial charge in [0.1, 0.15) is 0 Å². The van der Waals surface area contributed by atoms with Gasteiger partial charge < -0.3 is 15.4 Å². The summed E-state index contributed by atoms with van der Waals surface area (Å²) in [6.45, 7) is 2.29. The summed E-state index contributed by atoms with van der Waals surface area (Å²) in [5.41, 5.74) is 1.56. The molecule has 0 bridgehead atoms. The van der Waals surface area contributed by atoms with E-state index >= 15 is 0 Å². The van der Waals surface area contributed by atoms with Crippen LogP contribution < -0.4 is 10.6 Å². The molecule has 0 radical (unpaired) electrons. The van der Waals surface area contributed by atoms with Gasteiger partial charge in [-0.2, -0.15) is 0 Å². The Bertz CT molecular complexity index is 727. The molecule has 0 fully saturated rings. The second-order valence-electron chi connectivity index (χ2n) is 5.22. The quantitative estimate of drug-likeness (QED) is 0.759. The average molecular weight is 340 g/mol. The van der Waals surface area contributed by atoms with Crippen molar-refractivity contribution in [2.75, 3.05) is 18.5 Å². The van der Waals surface area contributed by atoms with Crippen LogP contribution in [0.5, 0.6) is 0 Å². The third-order valence-electron chi connectivity index (χ3n) is 3.35. The molecule has 2 rings (SSSR count). The molecule has 0 aliphatic rings. The lowest BCUT2D eigenvalue weighted by Gasteiger charge is -2.08. The minimum absolute atomic E-state index is 0.151. The van der Waals surface area contributed by atoms with Crippen LogP contribution in [0, 0.1) is 0 Å². The molecule has 6 heteroatoms. The summed E-state index contributed by atoms with van der Waals surface area (Å²) >= 11 is 0. The minimum Gasteiger partial charge on any atom is -0.462 e. The van der Waals surface area contributed by atoms with Crippen LogP contribution in [0.4, 0.5) is 5.69 Å². The first-order valence-corrected chi connectivity index (χ1v) is 8.00. The highest BCUT2D eigenvalue weighted by Crippen LogP contribution is 2.11. The molecule has 0 atom stereocenters. The van der Waals surface area contributed by atoms with E-state index in [9.17, 15) is 14.4 Å². The molecule has 2 N–H and O–H groups in total. The number of amides is 2. The van der Waals surface area contributed by atoms with Crippen LogP contribution in [-0.2, 0) is 9.53 Å². The Morgan fingerprint density at radius 1 is 0.920 bits per heavy atom. The zero-order chi connectivity index (χ0) is 18.1. The topological polar surface area (TPSA) is 84.5 Å². The summed E-state index contributed by atoms with van der Waals surface area (Å²) in [7, 11) is 0. The molecule has 2 aromatic carbocycles. The summed E-state index contributed by atoms with van der Waals surface area (Å²) in [4.78, 5) is 35.3. The number of rotatable bonds is 7. The van der Waals surface area contributed by atoms with Gasteiger partial charge in [0, 0.05) is 24.2 Å². The maximum Gasteiger partial charge on any atom is 0.338 e. The molecule has 0 aromatic heterocycles. The number of carbonyl (C=O) groups is 3. The predicted octanol–water partition coefficient (Wildman–Crippen LogP) is 2.62. The molecule has 2 amide bonds. The molecular weight excluding hydrogens is 320 g/mol. The third-order valence-corrected chi connectivity index (χ3v) is 3.35. The number of hydrogen-bond donors (Lipinski definition) is 2. The van der Waals surface area contributed by atoms with E-state index < -0.39 is 5.97 Å². The van der Waals surface area contributed by atoms with Gasteiger partial charge in [-0.25, -0.2) is 4.79 Å². The number of nitrogens with one attached hydrogen (secondary N) is 2. The van der Waals surface area contributed by atoms with E-state index in [1.54, 1.807) is 55.5 Å². The number of ether oxygens (including phenoxy) is 1. The summed E-state index contributed by atoms with van der Waals surface area (Å²) in [6, 6.07) is 15.2. The van der Waals surface area contributed by atoms with Crippen molar-refractivity contribution in [1.29, 1.82) is 0 Å². The van der Waals surface area contributed by atoms with Gasteiger partial charge in [-0.15, -0.1) is 0 Å². The highest BCUT2D eigenvalue weighted by Gasteiger charge is 2.08. The lowest BCUT2D eigenvalue weighted by atomic mass is 10.2. The van der Waals surface area contributed by atoms with Gasteiger partial charge in [0.15, 0.2) is 0 Å². The summed E-state index contributed by atoms with van der Waals surface area (Å²) in [5, 5.41) is 5.40. The van der Waals surface area contributed by atoms with Gasteiger partial charge >= 0.3 is 5.97 Å². The fraction of sp³-hybridized carbons (Fsp3) is 0.211. The lowest BCUT2D eigenvalue weighted by Crippen LogP contribution is -2.27. The van der Waals surface area contributed by atoms with Crippen molar-refractivity contribution in [1.82, 2.24) is 5.32 Å². The monoisotopic (exact) mass is 340 g/mol. The number of carbonyl (C=O) groups excluding carboxylic acids is 3. The van der Waals surface area contributed by atoms with Gasteiger partial charge in [0.2, 0.25) is 5.91 Å². The van der Waals surface area contributed by atoms with Gasteiger partial charge in [-0.05, 0) is 43.3 Å². The Kier molecular flexibility index (Phi) is 6.71. The zero-order valence-corrected chi connectivity index (χ0v) is 14.0. The fourth-order valence-electron chi connectivity index (χ4n) is 2.11. The van der Waals surface area contributed by atoms with E-state index in [4.69, 9.17) is 4.74 Å².